The van der Waals surface area contributed by atoms with Gasteiger partial charge in [0.25, 0.3) is 11.8 Å². The van der Waals surface area contributed by atoms with Crippen molar-refractivity contribution in [3.8, 4) is 22.2 Å². The van der Waals surface area contributed by atoms with Crippen LogP contribution in [0.4, 0.5) is 16.7 Å². The Morgan fingerprint density at radius 2 is 1.76 bits per heavy atom. The first-order valence-corrected chi connectivity index (χ1v) is 14.1. The third-order valence-electron chi connectivity index (χ3n) is 6.90. The Morgan fingerprint density at radius 3 is 2.59 bits per heavy atom. The number of thiazole rings is 1. The molecule has 2 aliphatic rings. The largest absolute Gasteiger partial charge is 0.402 e. The first kappa shape index (κ1) is 25.1. The van der Waals surface area contributed by atoms with Crippen molar-refractivity contribution in [1.29, 1.82) is 0 Å². The van der Waals surface area contributed by atoms with E-state index < -0.39 is 6.04 Å². The lowest BCUT2D eigenvalue weighted by molar-refractivity contribution is -0.116. The van der Waals surface area contributed by atoms with E-state index in [0.717, 1.165) is 51.0 Å². The number of ether oxygens (including phenoxy) is 1. The minimum absolute atomic E-state index is 0.124. The van der Waals surface area contributed by atoms with Crippen LogP contribution < -0.4 is 15.5 Å². The number of aromatic nitrogens is 4. The molecule has 0 unspecified atom stereocenters. The number of hydrogen-bond donors (Lipinski definition) is 2. The van der Waals surface area contributed by atoms with Gasteiger partial charge in [0.2, 0.25) is 0 Å². The van der Waals surface area contributed by atoms with Crippen LogP contribution in [0.5, 0.6) is 0 Å². The van der Waals surface area contributed by atoms with E-state index in [1.54, 1.807) is 23.7 Å². The van der Waals surface area contributed by atoms with E-state index in [1.165, 1.54) is 0 Å². The molecule has 0 radical (unpaired) electrons. The topological polar surface area (TPSA) is 118 Å². The molecule has 41 heavy (non-hydrogen) atoms. The van der Waals surface area contributed by atoms with Crippen molar-refractivity contribution in [2.24, 2.45) is 0 Å². The van der Waals surface area contributed by atoms with Gasteiger partial charge in [0.15, 0.2) is 5.69 Å². The van der Waals surface area contributed by atoms with Crippen molar-refractivity contribution in [3.05, 3.63) is 96.3 Å². The van der Waals surface area contributed by atoms with Gasteiger partial charge < -0.3 is 24.7 Å². The van der Waals surface area contributed by atoms with E-state index in [-0.39, 0.29) is 17.8 Å². The zero-order chi connectivity index (χ0) is 27.6. The van der Waals surface area contributed by atoms with Gasteiger partial charge in [-0.3, -0.25) is 9.78 Å². The van der Waals surface area contributed by atoms with E-state index in [4.69, 9.17) is 14.1 Å². The quantitative estimate of drug-likeness (QED) is 0.296. The number of rotatable bonds is 6. The van der Waals surface area contributed by atoms with Gasteiger partial charge in [-0.1, -0.05) is 65.0 Å². The summed E-state index contributed by atoms with van der Waals surface area (Å²) in [5, 5.41) is 16.5. The molecule has 5 heterocycles. The fourth-order valence-corrected chi connectivity index (χ4v) is 6.00. The second-order valence-electron chi connectivity index (χ2n) is 9.53. The number of hydrogen-bond acceptors (Lipinski definition) is 10. The van der Waals surface area contributed by atoms with Crippen LogP contribution in [0.15, 0.2) is 89.6 Å². The van der Waals surface area contributed by atoms with Gasteiger partial charge in [-0.05, 0) is 35.4 Å². The number of carbonyl (C=O) groups excluding carboxylic acids is 1. The average Bonchev–Trinajstić information content (AvgIpc) is 3.65. The van der Waals surface area contributed by atoms with Gasteiger partial charge in [0.1, 0.15) is 16.1 Å². The minimum Gasteiger partial charge on any atom is -0.402 e. The molecule has 11 heteroatoms. The van der Waals surface area contributed by atoms with Gasteiger partial charge in [-0.25, -0.2) is 4.98 Å². The van der Waals surface area contributed by atoms with E-state index in [9.17, 15) is 4.79 Å². The first-order valence-electron chi connectivity index (χ1n) is 13.2. The molecule has 2 aromatic carbocycles. The SMILES string of the molecule is O=C1Nc2ccccc2C(c2ccccc2)=C[C@@H]1Nc1nnc(-c2nc(-c3cccnc3)sc2N2CCOCC2)o1. The van der Waals surface area contributed by atoms with Gasteiger partial charge in [-0.2, -0.15) is 0 Å². The maximum absolute atomic E-state index is 13.3. The van der Waals surface area contributed by atoms with Crippen LogP contribution in [0.2, 0.25) is 0 Å². The molecular weight excluding hydrogens is 538 g/mol. The summed E-state index contributed by atoms with van der Waals surface area (Å²) in [6.07, 6.45) is 5.41. The molecule has 1 saturated heterocycles. The summed E-state index contributed by atoms with van der Waals surface area (Å²) in [6, 6.07) is 20.9. The molecule has 3 aromatic heterocycles. The van der Waals surface area contributed by atoms with Crippen LogP contribution in [0.1, 0.15) is 11.1 Å². The van der Waals surface area contributed by atoms with Crippen LogP contribution in [-0.4, -0.2) is 58.4 Å². The standard InChI is InChI=1S/C30H25N7O3S/c38-26-24(17-22(19-7-2-1-3-8-19)21-10-4-5-11-23(21)32-26)33-30-36-35-27(40-30)25-29(37-13-15-39-16-14-37)41-28(34-25)20-9-6-12-31-18-20/h1-12,17-18,24H,13-16H2,(H,32,38)(H,33,36)/t24-/m0/s1. The van der Waals surface area contributed by atoms with Crippen molar-refractivity contribution in [1.82, 2.24) is 20.2 Å². The van der Waals surface area contributed by atoms with Crippen molar-refractivity contribution in [2.75, 3.05) is 41.8 Å². The van der Waals surface area contributed by atoms with Gasteiger partial charge in [0.05, 0.1) is 13.2 Å². The summed E-state index contributed by atoms with van der Waals surface area (Å²) in [6.45, 7) is 2.73. The highest BCUT2D eigenvalue weighted by Crippen LogP contribution is 2.40. The molecule has 5 aromatic rings. The number of pyridine rings is 1. The normalized spacial score (nSPS) is 16.9. The van der Waals surface area contributed by atoms with Crippen LogP contribution in [-0.2, 0) is 9.53 Å². The molecule has 1 amide bonds. The summed E-state index contributed by atoms with van der Waals surface area (Å²) < 4.78 is 11.6. The number of para-hydroxylation sites is 1. The summed E-state index contributed by atoms with van der Waals surface area (Å²) in [7, 11) is 0. The Balaban J connectivity index is 1.23. The van der Waals surface area contributed by atoms with E-state index in [0.29, 0.717) is 18.9 Å². The van der Waals surface area contributed by atoms with Crippen LogP contribution >= 0.6 is 11.3 Å². The number of nitrogens with one attached hydrogen (secondary N) is 2. The summed E-state index contributed by atoms with van der Waals surface area (Å²) >= 11 is 1.55. The number of amides is 1. The van der Waals surface area contributed by atoms with Gasteiger partial charge in [0, 0.05) is 42.3 Å². The number of carbonyl (C=O) groups is 1. The third-order valence-corrected chi connectivity index (χ3v) is 8.06. The van der Waals surface area contributed by atoms with Crippen molar-refractivity contribution >= 4 is 39.5 Å². The Bertz CT molecular complexity index is 1710. The molecule has 1 fully saturated rings. The molecule has 2 aliphatic heterocycles. The average molecular weight is 564 g/mol. The highest BCUT2D eigenvalue weighted by molar-refractivity contribution is 7.19. The van der Waals surface area contributed by atoms with E-state index in [1.807, 2.05) is 72.8 Å². The van der Waals surface area contributed by atoms with E-state index >= 15 is 0 Å². The molecule has 0 spiro atoms. The molecule has 0 saturated carbocycles. The fourth-order valence-electron chi connectivity index (χ4n) is 4.90. The second-order valence-corrected chi connectivity index (χ2v) is 10.5. The molecule has 0 bridgehead atoms. The summed E-state index contributed by atoms with van der Waals surface area (Å²) in [5.41, 5.74) is 5.09. The fraction of sp³-hybridized carbons (Fsp3) is 0.167. The Kier molecular flexibility index (Phi) is 6.71. The first-order chi connectivity index (χ1) is 20.2. The Labute approximate surface area is 239 Å². The smallest absolute Gasteiger partial charge is 0.316 e. The minimum atomic E-state index is -0.758. The zero-order valence-electron chi connectivity index (χ0n) is 21.9. The van der Waals surface area contributed by atoms with Crippen molar-refractivity contribution in [3.63, 3.8) is 0 Å². The zero-order valence-corrected chi connectivity index (χ0v) is 22.7. The molecule has 7 rings (SSSR count). The van der Waals surface area contributed by atoms with E-state index in [2.05, 4.69) is 30.7 Å². The molecular formula is C30H25N7O3S. The highest BCUT2D eigenvalue weighted by Gasteiger charge is 2.28. The Hall–Kier alpha value is -4.87. The predicted molar refractivity (Wildman–Crippen MR) is 158 cm³/mol. The lowest BCUT2D eigenvalue weighted by Crippen LogP contribution is -2.35. The maximum Gasteiger partial charge on any atom is 0.316 e. The van der Waals surface area contributed by atoms with Crippen molar-refractivity contribution in [2.45, 2.75) is 6.04 Å². The molecule has 10 nitrogen and oxygen atoms in total. The molecule has 204 valence electrons. The lowest BCUT2D eigenvalue weighted by atomic mass is 9.96. The molecule has 2 N–H and O–H groups in total. The maximum atomic E-state index is 13.3. The van der Waals surface area contributed by atoms with Crippen molar-refractivity contribution < 1.29 is 13.9 Å². The molecule has 0 aliphatic carbocycles. The van der Waals surface area contributed by atoms with Crippen LogP contribution in [0.3, 0.4) is 0 Å². The highest BCUT2D eigenvalue weighted by atomic mass is 32.1. The lowest BCUT2D eigenvalue weighted by Gasteiger charge is -2.27. The van der Waals surface area contributed by atoms with Crippen LogP contribution in [0, 0.1) is 0 Å². The number of benzene rings is 2. The number of nitrogens with zero attached hydrogens (tertiary/aromatic N) is 5. The number of fused-ring (bicyclic) bond motifs is 1. The van der Waals surface area contributed by atoms with Gasteiger partial charge >= 0.3 is 6.01 Å². The summed E-state index contributed by atoms with van der Waals surface area (Å²) in [5.74, 6) is 0.0367. The monoisotopic (exact) mass is 563 g/mol. The Morgan fingerprint density at radius 1 is 0.951 bits per heavy atom. The summed E-state index contributed by atoms with van der Waals surface area (Å²) in [4.78, 5) is 24.6. The third kappa shape index (κ3) is 5.08. The number of anilines is 3. The van der Waals surface area contributed by atoms with Gasteiger partial charge in [-0.15, -0.1) is 5.10 Å². The molecule has 1 atom stereocenters. The van der Waals surface area contributed by atoms with Crippen LogP contribution in [0.25, 0.3) is 27.7 Å². The number of morpholine rings is 1. The predicted octanol–water partition coefficient (Wildman–Crippen LogP) is 4.96. The second kappa shape index (κ2) is 11.0.